The number of amides is 2. The molecule has 1 aromatic heterocycles. The molecule has 168 valence electrons. The van der Waals surface area contributed by atoms with E-state index >= 15 is 0 Å². The van der Waals surface area contributed by atoms with Gasteiger partial charge < -0.3 is 9.80 Å². The molecule has 0 aliphatic rings. The zero-order valence-corrected chi connectivity index (χ0v) is 20.0. The van der Waals surface area contributed by atoms with Crippen molar-refractivity contribution >= 4 is 23.2 Å². The van der Waals surface area contributed by atoms with Crippen molar-refractivity contribution in [1.29, 1.82) is 0 Å². The third kappa shape index (κ3) is 6.79. The average Bonchev–Trinajstić information content (AvgIpc) is 3.22. The van der Waals surface area contributed by atoms with Gasteiger partial charge in [-0.1, -0.05) is 67.6 Å². The van der Waals surface area contributed by atoms with Gasteiger partial charge in [-0.3, -0.25) is 9.59 Å². The van der Waals surface area contributed by atoms with Gasteiger partial charge in [0.25, 0.3) is 0 Å². The molecule has 1 atom stereocenters. The van der Waals surface area contributed by atoms with Crippen LogP contribution < -0.4 is 0 Å². The lowest BCUT2D eigenvalue weighted by atomic mass is 10.1. The van der Waals surface area contributed by atoms with Gasteiger partial charge in [-0.25, -0.2) is 0 Å². The van der Waals surface area contributed by atoms with Gasteiger partial charge >= 0.3 is 0 Å². The molecule has 0 saturated carbocycles. The van der Waals surface area contributed by atoms with Crippen molar-refractivity contribution in [3.63, 3.8) is 0 Å². The molecule has 1 unspecified atom stereocenters. The van der Waals surface area contributed by atoms with Gasteiger partial charge in [0.2, 0.25) is 11.8 Å². The van der Waals surface area contributed by atoms with E-state index in [1.165, 1.54) is 4.88 Å². The average molecular weight is 449 g/mol. The molecule has 3 aromatic rings. The summed E-state index contributed by atoms with van der Waals surface area (Å²) < 4.78 is 0. The highest BCUT2D eigenvalue weighted by atomic mass is 32.1. The van der Waals surface area contributed by atoms with E-state index in [2.05, 4.69) is 19.1 Å². The summed E-state index contributed by atoms with van der Waals surface area (Å²) in [5.74, 6) is -0.0350. The SMILES string of the molecule is CCC(C)N(CC(=O)N(Cc1ccccc1)Cc1ccc(C)s1)C(=O)Cc1ccccc1. The van der Waals surface area contributed by atoms with E-state index in [1.54, 1.807) is 16.2 Å². The van der Waals surface area contributed by atoms with Gasteiger partial charge in [0.1, 0.15) is 6.54 Å². The van der Waals surface area contributed by atoms with Crippen molar-refractivity contribution in [2.24, 2.45) is 0 Å². The summed E-state index contributed by atoms with van der Waals surface area (Å²) in [5, 5.41) is 0. The Morgan fingerprint density at radius 1 is 0.844 bits per heavy atom. The summed E-state index contributed by atoms with van der Waals surface area (Å²) in [4.78, 5) is 32.6. The summed E-state index contributed by atoms with van der Waals surface area (Å²) in [6, 6.07) is 23.9. The molecule has 1 heterocycles. The fourth-order valence-electron chi connectivity index (χ4n) is 3.62. The molecule has 0 aliphatic heterocycles. The van der Waals surface area contributed by atoms with E-state index in [9.17, 15) is 9.59 Å². The predicted octanol–water partition coefficient (Wildman–Crippen LogP) is 5.46. The first-order valence-corrected chi connectivity index (χ1v) is 12.0. The Balaban J connectivity index is 1.77. The second-order valence-electron chi connectivity index (χ2n) is 8.19. The number of carbonyl (C=O) groups excluding carboxylic acids is 2. The molecule has 0 radical (unpaired) electrons. The highest BCUT2D eigenvalue weighted by molar-refractivity contribution is 7.11. The molecule has 0 saturated heterocycles. The second-order valence-corrected chi connectivity index (χ2v) is 9.56. The lowest BCUT2D eigenvalue weighted by Gasteiger charge is -2.31. The van der Waals surface area contributed by atoms with Crippen molar-refractivity contribution in [1.82, 2.24) is 9.80 Å². The molecule has 2 amide bonds. The predicted molar refractivity (Wildman–Crippen MR) is 131 cm³/mol. The molecule has 2 aromatic carbocycles. The molecule has 0 fully saturated rings. The largest absolute Gasteiger partial charge is 0.332 e. The van der Waals surface area contributed by atoms with E-state index in [4.69, 9.17) is 0 Å². The normalized spacial score (nSPS) is 11.7. The topological polar surface area (TPSA) is 40.6 Å². The van der Waals surface area contributed by atoms with E-state index < -0.39 is 0 Å². The first-order valence-electron chi connectivity index (χ1n) is 11.2. The maximum atomic E-state index is 13.5. The first-order chi connectivity index (χ1) is 15.5. The van der Waals surface area contributed by atoms with Crippen LogP contribution in [0.15, 0.2) is 72.8 Å². The minimum Gasteiger partial charge on any atom is -0.332 e. The summed E-state index contributed by atoms with van der Waals surface area (Å²) in [6.07, 6.45) is 1.11. The van der Waals surface area contributed by atoms with Crippen molar-refractivity contribution in [2.75, 3.05) is 6.54 Å². The zero-order chi connectivity index (χ0) is 22.9. The highest BCUT2D eigenvalue weighted by Gasteiger charge is 2.25. The lowest BCUT2D eigenvalue weighted by molar-refractivity contribution is -0.142. The fourth-order valence-corrected chi connectivity index (χ4v) is 4.53. The Hall–Kier alpha value is -2.92. The first kappa shape index (κ1) is 23.7. The van der Waals surface area contributed by atoms with Crippen LogP contribution in [-0.2, 0) is 29.1 Å². The number of hydrogen-bond donors (Lipinski definition) is 0. The maximum absolute atomic E-state index is 13.5. The number of benzene rings is 2. The summed E-state index contributed by atoms with van der Waals surface area (Å²) in [5.41, 5.74) is 2.05. The third-order valence-corrected chi connectivity index (χ3v) is 6.64. The van der Waals surface area contributed by atoms with Crippen LogP contribution >= 0.6 is 11.3 Å². The summed E-state index contributed by atoms with van der Waals surface area (Å²) >= 11 is 1.71. The third-order valence-electron chi connectivity index (χ3n) is 5.66. The van der Waals surface area contributed by atoms with Gasteiger partial charge in [-0.15, -0.1) is 11.3 Å². The van der Waals surface area contributed by atoms with Crippen molar-refractivity contribution in [3.8, 4) is 0 Å². The second kappa shape index (κ2) is 11.6. The van der Waals surface area contributed by atoms with Crippen LogP contribution in [-0.4, -0.2) is 34.2 Å². The van der Waals surface area contributed by atoms with E-state index in [-0.39, 0.29) is 24.4 Å². The molecular formula is C27H32N2O2S. The van der Waals surface area contributed by atoms with Crippen LogP contribution in [0.3, 0.4) is 0 Å². The van der Waals surface area contributed by atoms with Crippen molar-refractivity contribution in [3.05, 3.63) is 93.7 Å². The number of nitrogens with zero attached hydrogens (tertiary/aromatic N) is 2. The van der Waals surface area contributed by atoms with Crippen LogP contribution in [0.4, 0.5) is 0 Å². The summed E-state index contributed by atoms with van der Waals surface area (Å²) in [6.45, 7) is 7.31. The molecule has 0 bridgehead atoms. The zero-order valence-electron chi connectivity index (χ0n) is 19.2. The Bertz CT molecular complexity index is 1000. The van der Waals surface area contributed by atoms with Gasteiger partial charge in [-0.2, -0.15) is 0 Å². The van der Waals surface area contributed by atoms with Crippen LogP contribution in [0.5, 0.6) is 0 Å². The lowest BCUT2D eigenvalue weighted by Crippen LogP contribution is -2.46. The Morgan fingerprint density at radius 3 is 2.03 bits per heavy atom. The number of aryl methyl sites for hydroxylation is 1. The standard InChI is InChI=1S/C27H32N2O2S/c1-4-21(2)29(26(30)17-23-11-7-5-8-12-23)20-27(31)28(18-24-13-9-6-10-14-24)19-25-16-15-22(3)32-25/h5-16,21H,4,17-20H2,1-3H3. The van der Waals surface area contributed by atoms with Gasteiger partial charge in [0, 0.05) is 22.3 Å². The number of hydrogen-bond acceptors (Lipinski definition) is 3. The molecule has 0 aliphatic carbocycles. The minimum atomic E-state index is -0.0263. The Kier molecular flexibility index (Phi) is 8.63. The van der Waals surface area contributed by atoms with Crippen LogP contribution in [0, 0.1) is 6.92 Å². The van der Waals surface area contributed by atoms with E-state index in [0.717, 1.165) is 22.4 Å². The van der Waals surface area contributed by atoms with Gasteiger partial charge in [0.05, 0.1) is 13.0 Å². The highest BCUT2D eigenvalue weighted by Crippen LogP contribution is 2.19. The maximum Gasteiger partial charge on any atom is 0.242 e. The molecule has 5 heteroatoms. The van der Waals surface area contributed by atoms with Crippen molar-refractivity contribution < 1.29 is 9.59 Å². The van der Waals surface area contributed by atoms with Crippen LogP contribution in [0.25, 0.3) is 0 Å². The number of thiophene rings is 1. The van der Waals surface area contributed by atoms with Crippen molar-refractivity contribution in [2.45, 2.75) is 52.7 Å². The molecule has 32 heavy (non-hydrogen) atoms. The molecule has 3 rings (SSSR count). The number of rotatable bonds is 10. The quantitative estimate of drug-likeness (QED) is 0.413. The Morgan fingerprint density at radius 2 is 1.47 bits per heavy atom. The fraction of sp³-hybridized carbons (Fsp3) is 0.333. The summed E-state index contributed by atoms with van der Waals surface area (Å²) in [7, 11) is 0. The van der Waals surface area contributed by atoms with Crippen LogP contribution in [0.2, 0.25) is 0 Å². The minimum absolute atomic E-state index is 0.00211. The molecular weight excluding hydrogens is 416 g/mol. The van der Waals surface area contributed by atoms with Gasteiger partial charge in [0.15, 0.2) is 0 Å². The Labute approximate surface area is 195 Å². The monoisotopic (exact) mass is 448 g/mol. The number of carbonyl (C=O) groups is 2. The van der Waals surface area contributed by atoms with E-state index in [1.807, 2.05) is 79.4 Å². The van der Waals surface area contributed by atoms with Gasteiger partial charge in [-0.05, 0) is 43.5 Å². The smallest absolute Gasteiger partial charge is 0.242 e. The molecule has 0 N–H and O–H groups in total. The molecule has 0 spiro atoms. The molecule has 4 nitrogen and oxygen atoms in total. The van der Waals surface area contributed by atoms with E-state index in [0.29, 0.717) is 19.5 Å². The van der Waals surface area contributed by atoms with Crippen LogP contribution in [0.1, 0.15) is 41.1 Å².